The molecule has 0 radical (unpaired) electrons. The first kappa shape index (κ1) is 13.3. The molecule has 4 heteroatoms. The molecule has 16 heavy (non-hydrogen) atoms. The Morgan fingerprint density at radius 3 is 2.50 bits per heavy atom. The van der Waals surface area contributed by atoms with Gasteiger partial charge in [-0.05, 0) is 31.5 Å². The number of anilines is 1. The summed E-state index contributed by atoms with van der Waals surface area (Å²) in [5.41, 5.74) is 6.70. The molecule has 0 fully saturated rings. The molecule has 0 aliphatic rings. The fraction of sp³-hybridized carbons (Fsp3) is 0.500. The topological polar surface area (TPSA) is 49.5 Å². The molecule has 0 heterocycles. The van der Waals surface area contributed by atoms with Crippen molar-refractivity contribution in [2.75, 3.05) is 18.5 Å². The number of rotatable bonds is 4. The number of halogens is 1. The Kier molecular flexibility index (Phi) is 4.19. The molecule has 1 aromatic carbocycles. The number of nitrogens with two attached hydrogens (primary N) is 1. The monoisotopic (exact) mass is 242 g/mol. The average molecular weight is 243 g/mol. The minimum Gasteiger partial charge on any atom is -0.389 e. The van der Waals surface area contributed by atoms with Crippen molar-refractivity contribution >= 4 is 17.3 Å². The Bertz CT molecular complexity index is 361. The van der Waals surface area contributed by atoms with Gasteiger partial charge >= 0.3 is 0 Å². The van der Waals surface area contributed by atoms with E-state index < -0.39 is 5.60 Å². The summed E-state index contributed by atoms with van der Waals surface area (Å²) in [5, 5.41) is 10.4. The van der Waals surface area contributed by atoms with Crippen LogP contribution in [0.4, 0.5) is 5.69 Å². The van der Waals surface area contributed by atoms with E-state index in [1.54, 1.807) is 13.8 Å². The normalized spacial score (nSPS) is 11.6. The fourth-order valence-electron chi connectivity index (χ4n) is 1.65. The van der Waals surface area contributed by atoms with Crippen molar-refractivity contribution in [3.63, 3.8) is 0 Å². The maximum atomic E-state index is 9.74. The molecule has 1 aromatic rings. The highest BCUT2D eigenvalue weighted by Crippen LogP contribution is 2.26. The average Bonchev–Trinajstić information content (AvgIpc) is 2.14. The van der Waals surface area contributed by atoms with E-state index in [0.29, 0.717) is 18.1 Å². The van der Waals surface area contributed by atoms with Gasteiger partial charge in [-0.15, -0.1) is 0 Å². The van der Waals surface area contributed by atoms with Crippen LogP contribution >= 0.6 is 11.6 Å². The zero-order valence-corrected chi connectivity index (χ0v) is 10.8. The summed E-state index contributed by atoms with van der Waals surface area (Å²) < 4.78 is 0. The van der Waals surface area contributed by atoms with Crippen molar-refractivity contribution < 1.29 is 5.11 Å². The molecule has 0 atom stereocenters. The van der Waals surface area contributed by atoms with Crippen molar-refractivity contribution in [2.45, 2.75) is 26.0 Å². The molecule has 0 aliphatic heterocycles. The molecule has 90 valence electrons. The van der Waals surface area contributed by atoms with E-state index in [9.17, 15) is 5.11 Å². The Hall–Kier alpha value is -0.770. The molecular formula is C12H19ClN2O. The highest BCUT2D eigenvalue weighted by molar-refractivity contribution is 6.33. The molecule has 0 unspecified atom stereocenters. The first-order chi connectivity index (χ1) is 7.33. The summed E-state index contributed by atoms with van der Waals surface area (Å²) in [5.74, 6) is 0. The predicted octanol–water partition coefficient (Wildman–Crippen LogP) is 2.01. The molecular weight excluding hydrogens is 224 g/mol. The lowest BCUT2D eigenvalue weighted by molar-refractivity contribution is 0.0886. The van der Waals surface area contributed by atoms with Gasteiger partial charge in [0.1, 0.15) is 0 Å². The summed E-state index contributed by atoms with van der Waals surface area (Å²) in [6.45, 7) is 4.54. The molecule has 0 saturated heterocycles. The molecule has 3 nitrogen and oxygen atoms in total. The van der Waals surface area contributed by atoms with E-state index in [1.165, 1.54) is 0 Å². The van der Waals surface area contributed by atoms with Crippen molar-refractivity contribution in [3.8, 4) is 0 Å². The van der Waals surface area contributed by atoms with Gasteiger partial charge in [-0.3, -0.25) is 0 Å². The minimum absolute atomic E-state index is 0.481. The standard InChI is InChI=1S/C12H19ClN2O/c1-12(2,16)8-15(3)11-5-4-9(7-14)6-10(11)13/h4-6,16H,7-8,14H2,1-3H3. The van der Waals surface area contributed by atoms with E-state index in [0.717, 1.165) is 11.3 Å². The number of likely N-dealkylation sites (N-methyl/N-ethyl adjacent to an activating group) is 1. The lowest BCUT2D eigenvalue weighted by Crippen LogP contribution is -2.36. The SMILES string of the molecule is CN(CC(C)(C)O)c1ccc(CN)cc1Cl. The molecule has 0 aromatic heterocycles. The molecule has 0 amide bonds. The van der Waals surface area contributed by atoms with Crippen molar-refractivity contribution in [2.24, 2.45) is 5.73 Å². The largest absolute Gasteiger partial charge is 0.389 e. The summed E-state index contributed by atoms with van der Waals surface area (Å²) >= 11 is 6.15. The predicted molar refractivity (Wildman–Crippen MR) is 68.9 cm³/mol. The first-order valence-electron chi connectivity index (χ1n) is 5.25. The maximum absolute atomic E-state index is 9.74. The lowest BCUT2D eigenvalue weighted by Gasteiger charge is -2.28. The van der Waals surface area contributed by atoms with Gasteiger partial charge in [0.25, 0.3) is 0 Å². The van der Waals surface area contributed by atoms with Crippen LogP contribution in [0.5, 0.6) is 0 Å². The number of benzene rings is 1. The van der Waals surface area contributed by atoms with Crippen molar-refractivity contribution in [3.05, 3.63) is 28.8 Å². The summed E-state index contributed by atoms with van der Waals surface area (Å²) in [4.78, 5) is 1.93. The third-order valence-corrected chi connectivity index (χ3v) is 2.59. The van der Waals surface area contributed by atoms with Gasteiger partial charge < -0.3 is 15.7 Å². The number of hydrogen-bond donors (Lipinski definition) is 2. The van der Waals surface area contributed by atoms with E-state index in [-0.39, 0.29) is 0 Å². The van der Waals surface area contributed by atoms with Crippen LogP contribution in [0.1, 0.15) is 19.4 Å². The first-order valence-corrected chi connectivity index (χ1v) is 5.63. The third-order valence-electron chi connectivity index (χ3n) is 2.28. The van der Waals surface area contributed by atoms with Gasteiger partial charge in [-0.1, -0.05) is 17.7 Å². The highest BCUT2D eigenvalue weighted by atomic mass is 35.5. The summed E-state index contributed by atoms with van der Waals surface area (Å²) in [6.07, 6.45) is 0. The highest BCUT2D eigenvalue weighted by Gasteiger charge is 2.17. The zero-order valence-electron chi connectivity index (χ0n) is 10.00. The van der Waals surface area contributed by atoms with Gasteiger partial charge in [0.15, 0.2) is 0 Å². The van der Waals surface area contributed by atoms with Gasteiger partial charge in [-0.2, -0.15) is 0 Å². The second-order valence-corrected chi connectivity index (χ2v) is 5.07. The Balaban J connectivity index is 2.88. The molecule has 1 rings (SSSR count). The third kappa shape index (κ3) is 3.67. The maximum Gasteiger partial charge on any atom is 0.0765 e. The Labute approximate surface area is 102 Å². The van der Waals surface area contributed by atoms with Crippen molar-refractivity contribution in [1.82, 2.24) is 0 Å². The molecule has 3 N–H and O–H groups in total. The number of aliphatic hydroxyl groups is 1. The van der Waals surface area contributed by atoms with Crippen LogP contribution in [0.2, 0.25) is 5.02 Å². The molecule has 0 aliphatic carbocycles. The van der Waals surface area contributed by atoms with Gasteiger partial charge in [-0.25, -0.2) is 0 Å². The Morgan fingerprint density at radius 1 is 1.44 bits per heavy atom. The fourth-order valence-corrected chi connectivity index (χ4v) is 2.00. The zero-order chi connectivity index (χ0) is 12.3. The van der Waals surface area contributed by atoms with Gasteiger partial charge in [0.2, 0.25) is 0 Å². The van der Waals surface area contributed by atoms with Crippen LogP contribution in [0, 0.1) is 0 Å². The van der Waals surface area contributed by atoms with Crippen LogP contribution < -0.4 is 10.6 Å². The summed E-state index contributed by atoms with van der Waals surface area (Å²) in [7, 11) is 1.90. The van der Waals surface area contributed by atoms with E-state index in [1.807, 2.05) is 30.1 Å². The molecule has 0 bridgehead atoms. The quantitative estimate of drug-likeness (QED) is 0.849. The van der Waals surface area contributed by atoms with Gasteiger partial charge in [0, 0.05) is 20.1 Å². The number of hydrogen-bond acceptors (Lipinski definition) is 3. The van der Waals surface area contributed by atoms with E-state index in [4.69, 9.17) is 17.3 Å². The van der Waals surface area contributed by atoms with Crippen LogP contribution in [0.25, 0.3) is 0 Å². The second-order valence-electron chi connectivity index (χ2n) is 4.66. The van der Waals surface area contributed by atoms with Crippen LogP contribution in [0.15, 0.2) is 18.2 Å². The van der Waals surface area contributed by atoms with Gasteiger partial charge in [0.05, 0.1) is 16.3 Å². The number of nitrogens with zero attached hydrogens (tertiary/aromatic N) is 1. The van der Waals surface area contributed by atoms with Crippen LogP contribution in [-0.4, -0.2) is 24.3 Å². The lowest BCUT2D eigenvalue weighted by atomic mass is 10.1. The smallest absolute Gasteiger partial charge is 0.0765 e. The second kappa shape index (κ2) is 5.04. The summed E-state index contributed by atoms with van der Waals surface area (Å²) in [6, 6.07) is 5.73. The van der Waals surface area contributed by atoms with E-state index in [2.05, 4.69) is 0 Å². The Morgan fingerprint density at radius 2 is 2.06 bits per heavy atom. The van der Waals surface area contributed by atoms with E-state index >= 15 is 0 Å². The van der Waals surface area contributed by atoms with Crippen LogP contribution in [-0.2, 0) is 6.54 Å². The van der Waals surface area contributed by atoms with Crippen molar-refractivity contribution in [1.29, 1.82) is 0 Å². The molecule has 0 saturated carbocycles. The minimum atomic E-state index is -0.745. The van der Waals surface area contributed by atoms with Crippen LogP contribution in [0.3, 0.4) is 0 Å². The molecule has 0 spiro atoms.